The number of ether oxygens (including phenoxy) is 1. The third kappa shape index (κ3) is 4.63. The van der Waals surface area contributed by atoms with Crippen LogP contribution in [0.3, 0.4) is 0 Å². The van der Waals surface area contributed by atoms with Crippen molar-refractivity contribution in [2.45, 2.75) is 13.5 Å². The summed E-state index contributed by atoms with van der Waals surface area (Å²) in [5.41, 5.74) is 1.94. The Morgan fingerprint density at radius 3 is 2.72 bits per heavy atom. The quantitative estimate of drug-likeness (QED) is 0.275. The molecule has 0 bridgehead atoms. The van der Waals surface area contributed by atoms with Crippen molar-refractivity contribution in [3.63, 3.8) is 0 Å². The first-order valence-corrected chi connectivity index (χ1v) is 11.9. The van der Waals surface area contributed by atoms with Crippen molar-refractivity contribution < 1.29 is 14.6 Å². The van der Waals surface area contributed by atoms with E-state index in [1.165, 1.54) is 10.7 Å². The number of halogens is 1. The third-order valence-electron chi connectivity index (χ3n) is 5.77. The molecule has 8 heteroatoms. The fourth-order valence-corrected chi connectivity index (χ4v) is 4.36. The Balaban J connectivity index is 1.56. The van der Waals surface area contributed by atoms with Gasteiger partial charge in [0.2, 0.25) is 0 Å². The zero-order valence-electron chi connectivity index (χ0n) is 19.2. The minimum atomic E-state index is -0.993. The van der Waals surface area contributed by atoms with E-state index in [4.69, 9.17) is 4.74 Å². The van der Waals surface area contributed by atoms with Crippen LogP contribution in [0.2, 0.25) is 0 Å². The summed E-state index contributed by atoms with van der Waals surface area (Å²) in [5.74, 6) is 0.0202. The molecule has 1 N–H and O–H groups in total. The maximum Gasteiger partial charge on any atom is 0.335 e. The summed E-state index contributed by atoms with van der Waals surface area (Å²) in [4.78, 5) is 29.0. The second-order valence-corrected chi connectivity index (χ2v) is 9.09. The SMILES string of the molecule is Cc1nc2ccc(Br)cc2c(=O)n1N=Cc1c(OCc2cccc(C(=O)O)c2)ccc2ccccc12. The lowest BCUT2D eigenvalue weighted by Gasteiger charge is -2.13. The monoisotopic (exact) mass is 541 g/mol. The predicted octanol–water partition coefficient (Wildman–Crippen LogP) is 5.78. The van der Waals surface area contributed by atoms with Gasteiger partial charge in [0.25, 0.3) is 5.56 Å². The van der Waals surface area contributed by atoms with Crippen molar-refractivity contribution >= 4 is 49.8 Å². The third-order valence-corrected chi connectivity index (χ3v) is 6.26. The van der Waals surface area contributed by atoms with E-state index in [9.17, 15) is 14.7 Å². The molecule has 0 fully saturated rings. The Hall–Kier alpha value is -4.30. The summed E-state index contributed by atoms with van der Waals surface area (Å²) in [6, 6.07) is 23.6. The molecule has 0 aliphatic heterocycles. The normalized spacial score (nSPS) is 11.4. The van der Waals surface area contributed by atoms with Crippen molar-refractivity contribution in [2.75, 3.05) is 0 Å². The largest absolute Gasteiger partial charge is 0.488 e. The molecule has 36 heavy (non-hydrogen) atoms. The molecule has 0 saturated heterocycles. The van der Waals surface area contributed by atoms with Crippen LogP contribution in [-0.4, -0.2) is 27.0 Å². The van der Waals surface area contributed by atoms with Gasteiger partial charge in [-0.3, -0.25) is 4.79 Å². The summed E-state index contributed by atoms with van der Waals surface area (Å²) in [7, 11) is 0. The number of aromatic carboxylic acids is 1. The van der Waals surface area contributed by atoms with Gasteiger partial charge in [-0.15, -0.1) is 0 Å². The zero-order chi connectivity index (χ0) is 25.2. The number of rotatable bonds is 6. The fourth-order valence-electron chi connectivity index (χ4n) is 4.00. The van der Waals surface area contributed by atoms with E-state index in [2.05, 4.69) is 26.0 Å². The highest BCUT2D eigenvalue weighted by atomic mass is 79.9. The maximum atomic E-state index is 13.2. The van der Waals surface area contributed by atoms with Gasteiger partial charge in [-0.1, -0.05) is 58.4 Å². The van der Waals surface area contributed by atoms with E-state index < -0.39 is 5.97 Å². The highest BCUT2D eigenvalue weighted by Gasteiger charge is 2.11. The van der Waals surface area contributed by atoms with Gasteiger partial charge in [-0.2, -0.15) is 9.78 Å². The van der Waals surface area contributed by atoms with Gasteiger partial charge < -0.3 is 9.84 Å². The van der Waals surface area contributed by atoms with Gasteiger partial charge in [0.05, 0.1) is 22.7 Å². The summed E-state index contributed by atoms with van der Waals surface area (Å²) in [5, 5.41) is 16.1. The number of aromatic nitrogens is 2. The number of carboxylic acids is 1. The van der Waals surface area contributed by atoms with Crippen LogP contribution in [-0.2, 0) is 6.61 Å². The average molecular weight is 542 g/mol. The standard InChI is InChI=1S/C28H20BrN3O4/c1-17-31-25-11-10-21(29)14-23(25)27(33)32(17)30-15-24-22-8-3-2-6-19(22)9-12-26(24)36-16-18-5-4-7-20(13-18)28(34)35/h2-15H,16H2,1H3,(H,34,35). The number of fused-ring (bicyclic) bond motifs is 2. The van der Waals surface area contributed by atoms with Crippen molar-refractivity contribution in [1.29, 1.82) is 0 Å². The van der Waals surface area contributed by atoms with Gasteiger partial charge >= 0.3 is 5.97 Å². The van der Waals surface area contributed by atoms with Crippen LogP contribution in [0.15, 0.2) is 93.2 Å². The van der Waals surface area contributed by atoms with Crippen molar-refractivity contribution in [3.8, 4) is 5.75 Å². The van der Waals surface area contributed by atoms with E-state index in [-0.39, 0.29) is 17.7 Å². The molecule has 0 atom stereocenters. The van der Waals surface area contributed by atoms with Crippen LogP contribution in [0.1, 0.15) is 27.3 Å². The van der Waals surface area contributed by atoms with Gasteiger partial charge in [-0.25, -0.2) is 9.78 Å². The molecule has 0 radical (unpaired) electrons. The molecule has 5 aromatic rings. The number of nitrogens with zero attached hydrogens (tertiary/aromatic N) is 3. The van der Waals surface area contributed by atoms with Gasteiger partial charge in [-0.05, 0) is 59.7 Å². The molecule has 5 rings (SSSR count). The summed E-state index contributed by atoms with van der Waals surface area (Å²) in [6.45, 7) is 1.90. The molecule has 0 amide bonds. The first kappa shape index (κ1) is 23.4. The van der Waals surface area contributed by atoms with Gasteiger partial charge in [0, 0.05) is 10.0 Å². The van der Waals surface area contributed by atoms with Crippen LogP contribution in [0.4, 0.5) is 0 Å². The maximum absolute atomic E-state index is 13.2. The predicted molar refractivity (Wildman–Crippen MR) is 143 cm³/mol. The Morgan fingerprint density at radius 1 is 1.06 bits per heavy atom. The second kappa shape index (κ2) is 9.75. The summed E-state index contributed by atoms with van der Waals surface area (Å²) >= 11 is 3.41. The Kier molecular flexibility index (Phi) is 6.35. The molecule has 1 aromatic heterocycles. The summed E-state index contributed by atoms with van der Waals surface area (Å²) in [6.07, 6.45) is 1.60. The molecule has 0 saturated carbocycles. The molecular weight excluding hydrogens is 522 g/mol. The van der Waals surface area contributed by atoms with E-state index in [1.807, 2.05) is 48.5 Å². The second-order valence-electron chi connectivity index (χ2n) is 8.17. The number of hydrogen-bond acceptors (Lipinski definition) is 5. The van der Waals surface area contributed by atoms with Gasteiger partial charge in [0.1, 0.15) is 18.2 Å². The molecule has 7 nitrogen and oxygen atoms in total. The fraction of sp³-hybridized carbons (Fsp3) is 0.0714. The molecule has 0 aliphatic carbocycles. The van der Waals surface area contributed by atoms with Crippen molar-refractivity contribution in [3.05, 3.63) is 116 Å². The lowest BCUT2D eigenvalue weighted by molar-refractivity contribution is 0.0696. The molecule has 4 aromatic carbocycles. The summed E-state index contributed by atoms with van der Waals surface area (Å²) < 4.78 is 8.16. The van der Waals surface area contributed by atoms with Crippen LogP contribution in [0.5, 0.6) is 5.75 Å². The van der Waals surface area contributed by atoms with Crippen LogP contribution >= 0.6 is 15.9 Å². The minimum absolute atomic E-state index is 0.171. The Labute approximate surface area is 214 Å². The topological polar surface area (TPSA) is 93.8 Å². The Morgan fingerprint density at radius 2 is 1.89 bits per heavy atom. The Bertz CT molecular complexity index is 1730. The van der Waals surface area contributed by atoms with Crippen LogP contribution in [0.25, 0.3) is 21.7 Å². The van der Waals surface area contributed by atoms with Crippen LogP contribution in [0, 0.1) is 6.92 Å². The molecule has 0 unspecified atom stereocenters. The number of carboxylic acid groups (broad SMARTS) is 1. The lowest BCUT2D eigenvalue weighted by atomic mass is 10.0. The molecule has 0 spiro atoms. The average Bonchev–Trinajstić information content (AvgIpc) is 2.88. The van der Waals surface area contributed by atoms with E-state index in [1.54, 1.807) is 37.4 Å². The molecule has 0 aliphatic rings. The van der Waals surface area contributed by atoms with Crippen LogP contribution < -0.4 is 10.3 Å². The number of carbonyl (C=O) groups is 1. The van der Waals surface area contributed by atoms with Crippen molar-refractivity contribution in [2.24, 2.45) is 5.10 Å². The van der Waals surface area contributed by atoms with E-state index >= 15 is 0 Å². The van der Waals surface area contributed by atoms with E-state index in [0.717, 1.165) is 20.8 Å². The van der Waals surface area contributed by atoms with E-state index in [0.29, 0.717) is 28.0 Å². The minimum Gasteiger partial charge on any atom is -0.488 e. The molecule has 1 heterocycles. The first-order valence-electron chi connectivity index (χ1n) is 11.1. The lowest BCUT2D eigenvalue weighted by Crippen LogP contribution is -2.20. The highest BCUT2D eigenvalue weighted by Crippen LogP contribution is 2.28. The first-order chi connectivity index (χ1) is 17.4. The molecular formula is C28H20BrN3O4. The smallest absolute Gasteiger partial charge is 0.335 e. The number of hydrogen-bond donors (Lipinski definition) is 1. The number of aryl methyl sites for hydroxylation is 1. The van der Waals surface area contributed by atoms with Crippen molar-refractivity contribution in [1.82, 2.24) is 9.66 Å². The van der Waals surface area contributed by atoms with Gasteiger partial charge in [0.15, 0.2) is 0 Å². The zero-order valence-corrected chi connectivity index (χ0v) is 20.8. The number of benzene rings is 4. The molecule has 178 valence electrons. The highest BCUT2D eigenvalue weighted by molar-refractivity contribution is 9.10.